The zero-order chi connectivity index (χ0) is 11.5. The third-order valence-electron chi connectivity index (χ3n) is 2.49. The molecule has 2 aromatic rings. The van der Waals surface area contributed by atoms with E-state index in [9.17, 15) is 5.11 Å². The van der Waals surface area contributed by atoms with E-state index in [4.69, 9.17) is 11.6 Å². The molecule has 1 heterocycles. The minimum atomic E-state index is -0.696. The number of rotatable bonds is 2. The van der Waals surface area contributed by atoms with E-state index >= 15 is 0 Å². The van der Waals surface area contributed by atoms with E-state index in [0.717, 1.165) is 11.1 Å². The maximum absolute atomic E-state index is 10.2. The summed E-state index contributed by atoms with van der Waals surface area (Å²) in [7, 11) is 0. The number of aliphatic hydroxyl groups is 1. The zero-order valence-electron chi connectivity index (χ0n) is 8.89. The van der Waals surface area contributed by atoms with Crippen molar-refractivity contribution in [3.8, 4) is 0 Å². The summed E-state index contributed by atoms with van der Waals surface area (Å²) in [5.74, 6) is 0. The molecule has 16 heavy (non-hydrogen) atoms. The summed E-state index contributed by atoms with van der Waals surface area (Å²) >= 11 is 5.87. The van der Waals surface area contributed by atoms with Crippen molar-refractivity contribution in [2.24, 2.45) is 0 Å². The normalized spacial score (nSPS) is 12.4. The van der Waals surface area contributed by atoms with Crippen molar-refractivity contribution in [3.63, 3.8) is 0 Å². The number of aromatic nitrogens is 1. The standard InChI is InChI=1S/C13H12ClNO/c1-9-8-10(14)5-6-11(9)13(16)12-4-2-3-7-15-12/h2-8,13,16H,1H3/t13-/m0/s1. The number of nitrogens with zero attached hydrogens (tertiary/aromatic N) is 1. The lowest BCUT2D eigenvalue weighted by Gasteiger charge is -2.13. The van der Waals surface area contributed by atoms with Crippen molar-refractivity contribution in [2.45, 2.75) is 13.0 Å². The number of aryl methyl sites for hydroxylation is 1. The SMILES string of the molecule is Cc1cc(Cl)ccc1[C@H](O)c1ccccn1. The quantitative estimate of drug-likeness (QED) is 0.865. The van der Waals surface area contributed by atoms with E-state index in [1.165, 1.54) is 0 Å². The van der Waals surface area contributed by atoms with E-state index in [1.807, 2.05) is 31.2 Å². The van der Waals surface area contributed by atoms with Gasteiger partial charge < -0.3 is 5.11 Å². The highest BCUT2D eigenvalue weighted by Crippen LogP contribution is 2.25. The molecule has 0 bridgehead atoms. The molecule has 0 spiro atoms. The first-order chi connectivity index (χ1) is 7.68. The average molecular weight is 234 g/mol. The minimum absolute atomic E-state index is 0.646. The highest BCUT2D eigenvalue weighted by Gasteiger charge is 2.13. The molecular formula is C13H12ClNO. The Morgan fingerprint density at radius 3 is 2.69 bits per heavy atom. The number of halogens is 1. The molecule has 0 fully saturated rings. The van der Waals surface area contributed by atoms with Crippen LogP contribution in [0.4, 0.5) is 0 Å². The predicted octanol–water partition coefficient (Wildman–Crippen LogP) is 3.13. The van der Waals surface area contributed by atoms with Crippen LogP contribution < -0.4 is 0 Å². The monoisotopic (exact) mass is 233 g/mol. The highest BCUT2D eigenvalue weighted by molar-refractivity contribution is 6.30. The Kier molecular flexibility index (Phi) is 3.22. The van der Waals surface area contributed by atoms with E-state index in [1.54, 1.807) is 18.3 Å². The van der Waals surface area contributed by atoms with E-state index < -0.39 is 6.10 Å². The van der Waals surface area contributed by atoms with Gasteiger partial charge in [-0.1, -0.05) is 23.7 Å². The molecule has 0 radical (unpaired) electrons. The second-order valence-electron chi connectivity index (χ2n) is 3.66. The molecule has 0 aliphatic heterocycles. The molecule has 1 aromatic carbocycles. The molecule has 0 amide bonds. The molecule has 82 valence electrons. The first-order valence-electron chi connectivity index (χ1n) is 5.03. The van der Waals surface area contributed by atoms with E-state index in [-0.39, 0.29) is 0 Å². The van der Waals surface area contributed by atoms with Gasteiger partial charge in [-0.2, -0.15) is 0 Å². The van der Waals surface area contributed by atoms with Crippen LogP contribution >= 0.6 is 11.6 Å². The van der Waals surface area contributed by atoms with Crippen molar-refractivity contribution in [1.29, 1.82) is 0 Å². The Labute approximate surface area is 99.5 Å². The number of benzene rings is 1. The molecule has 1 N–H and O–H groups in total. The Morgan fingerprint density at radius 2 is 2.06 bits per heavy atom. The second kappa shape index (κ2) is 4.64. The molecule has 3 heteroatoms. The van der Waals surface area contributed by atoms with Crippen LogP contribution in [0.15, 0.2) is 42.6 Å². The Morgan fingerprint density at radius 1 is 1.25 bits per heavy atom. The predicted molar refractivity (Wildman–Crippen MR) is 64.5 cm³/mol. The Bertz CT molecular complexity index is 485. The number of aliphatic hydroxyl groups excluding tert-OH is 1. The Hall–Kier alpha value is -1.38. The van der Waals surface area contributed by atoms with Crippen LogP contribution in [0, 0.1) is 6.92 Å². The van der Waals surface area contributed by atoms with Gasteiger partial charge in [-0.05, 0) is 42.3 Å². The Balaban J connectivity index is 2.38. The van der Waals surface area contributed by atoms with Crippen LogP contribution in [0.1, 0.15) is 22.9 Å². The summed E-state index contributed by atoms with van der Waals surface area (Å²) < 4.78 is 0. The van der Waals surface area contributed by atoms with Crippen LogP contribution in [0.25, 0.3) is 0 Å². The maximum Gasteiger partial charge on any atom is 0.121 e. The topological polar surface area (TPSA) is 33.1 Å². The molecule has 0 saturated carbocycles. The summed E-state index contributed by atoms with van der Waals surface area (Å²) in [6.07, 6.45) is 0.975. The minimum Gasteiger partial charge on any atom is -0.382 e. The van der Waals surface area contributed by atoms with Crippen molar-refractivity contribution >= 4 is 11.6 Å². The van der Waals surface area contributed by atoms with Gasteiger partial charge in [0.15, 0.2) is 0 Å². The smallest absolute Gasteiger partial charge is 0.121 e. The fourth-order valence-corrected chi connectivity index (χ4v) is 1.87. The van der Waals surface area contributed by atoms with Crippen molar-refractivity contribution in [1.82, 2.24) is 4.98 Å². The largest absolute Gasteiger partial charge is 0.382 e. The molecule has 1 atom stereocenters. The van der Waals surface area contributed by atoms with E-state index in [0.29, 0.717) is 10.7 Å². The summed E-state index contributed by atoms with van der Waals surface area (Å²) in [4.78, 5) is 4.14. The van der Waals surface area contributed by atoms with E-state index in [2.05, 4.69) is 4.98 Å². The third kappa shape index (κ3) is 2.23. The summed E-state index contributed by atoms with van der Waals surface area (Å²) in [5.41, 5.74) is 2.45. The first kappa shape index (κ1) is 11.1. The number of hydrogen-bond acceptors (Lipinski definition) is 2. The maximum atomic E-state index is 10.2. The second-order valence-corrected chi connectivity index (χ2v) is 4.09. The van der Waals surface area contributed by atoms with Gasteiger partial charge in [0.05, 0.1) is 5.69 Å². The van der Waals surface area contributed by atoms with Crippen LogP contribution in [0.2, 0.25) is 5.02 Å². The lowest BCUT2D eigenvalue weighted by molar-refractivity contribution is 0.214. The lowest BCUT2D eigenvalue weighted by Crippen LogP contribution is -2.03. The molecular weight excluding hydrogens is 222 g/mol. The summed E-state index contributed by atoms with van der Waals surface area (Å²) in [6.45, 7) is 1.92. The van der Waals surface area contributed by atoms with Gasteiger partial charge in [0, 0.05) is 11.2 Å². The fourth-order valence-electron chi connectivity index (χ4n) is 1.64. The van der Waals surface area contributed by atoms with Crippen LogP contribution in [0.3, 0.4) is 0 Å². The zero-order valence-corrected chi connectivity index (χ0v) is 9.65. The van der Waals surface area contributed by atoms with Gasteiger partial charge in [-0.15, -0.1) is 0 Å². The third-order valence-corrected chi connectivity index (χ3v) is 2.73. The molecule has 2 rings (SSSR count). The highest BCUT2D eigenvalue weighted by atomic mass is 35.5. The molecule has 0 unspecified atom stereocenters. The van der Waals surface area contributed by atoms with Crippen molar-refractivity contribution in [2.75, 3.05) is 0 Å². The van der Waals surface area contributed by atoms with Crippen LogP contribution in [-0.2, 0) is 0 Å². The molecule has 0 aliphatic carbocycles. The number of hydrogen-bond donors (Lipinski definition) is 1. The fraction of sp³-hybridized carbons (Fsp3) is 0.154. The lowest BCUT2D eigenvalue weighted by atomic mass is 10.0. The molecule has 1 aromatic heterocycles. The summed E-state index contributed by atoms with van der Waals surface area (Å²) in [5, 5.41) is 10.8. The number of pyridine rings is 1. The molecule has 2 nitrogen and oxygen atoms in total. The first-order valence-corrected chi connectivity index (χ1v) is 5.41. The van der Waals surface area contributed by atoms with Crippen molar-refractivity contribution < 1.29 is 5.11 Å². The van der Waals surface area contributed by atoms with Crippen LogP contribution in [-0.4, -0.2) is 10.1 Å². The van der Waals surface area contributed by atoms with Gasteiger partial charge in [-0.25, -0.2) is 0 Å². The summed E-state index contributed by atoms with van der Waals surface area (Å²) in [6, 6.07) is 10.9. The van der Waals surface area contributed by atoms with Gasteiger partial charge in [0.1, 0.15) is 6.10 Å². The molecule has 0 aliphatic rings. The average Bonchev–Trinajstić information content (AvgIpc) is 2.29. The van der Waals surface area contributed by atoms with Gasteiger partial charge in [0.25, 0.3) is 0 Å². The van der Waals surface area contributed by atoms with Gasteiger partial charge >= 0.3 is 0 Å². The molecule has 0 saturated heterocycles. The van der Waals surface area contributed by atoms with Crippen LogP contribution in [0.5, 0.6) is 0 Å². The van der Waals surface area contributed by atoms with Gasteiger partial charge in [0.2, 0.25) is 0 Å². The van der Waals surface area contributed by atoms with Gasteiger partial charge in [-0.3, -0.25) is 4.98 Å². The van der Waals surface area contributed by atoms with Crippen molar-refractivity contribution in [3.05, 3.63) is 64.4 Å².